The molecule has 2 rings (SSSR count). The maximum absolute atomic E-state index is 12.3. The van der Waals surface area contributed by atoms with Crippen molar-refractivity contribution in [2.24, 2.45) is 0 Å². The van der Waals surface area contributed by atoms with E-state index in [0.29, 0.717) is 25.4 Å². The first-order valence-electron chi connectivity index (χ1n) is 7.37. The maximum atomic E-state index is 12.3. The second kappa shape index (κ2) is 7.20. The van der Waals surface area contributed by atoms with Crippen molar-refractivity contribution < 1.29 is 8.42 Å². The lowest BCUT2D eigenvalue weighted by Crippen LogP contribution is -2.32. The lowest BCUT2D eigenvalue weighted by Gasteiger charge is -2.16. The first-order valence-corrected chi connectivity index (χ1v) is 8.98. The van der Waals surface area contributed by atoms with Gasteiger partial charge < -0.3 is 5.32 Å². The van der Waals surface area contributed by atoms with Crippen LogP contribution in [0.1, 0.15) is 31.2 Å². The minimum absolute atomic E-state index is 0.251. The summed E-state index contributed by atoms with van der Waals surface area (Å²) < 4.78 is 26.2. The second-order valence-electron chi connectivity index (χ2n) is 5.28. The van der Waals surface area contributed by atoms with Gasteiger partial charge in [-0.15, -0.1) is 0 Å². The van der Waals surface area contributed by atoms with Crippen molar-refractivity contribution in [2.75, 3.05) is 31.9 Å². The second-order valence-corrected chi connectivity index (χ2v) is 7.37. The third kappa shape index (κ3) is 4.04. The van der Waals surface area contributed by atoms with E-state index in [9.17, 15) is 8.42 Å². The van der Waals surface area contributed by atoms with Crippen LogP contribution < -0.4 is 5.32 Å². The first-order chi connectivity index (χ1) is 9.63. The fourth-order valence-electron chi connectivity index (χ4n) is 2.66. The molecule has 1 aliphatic heterocycles. The van der Waals surface area contributed by atoms with E-state index in [1.54, 1.807) is 4.31 Å². The third-order valence-corrected chi connectivity index (χ3v) is 5.74. The maximum Gasteiger partial charge on any atom is 0.214 e. The van der Waals surface area contributed by atoms with Crippen molar-refractivity contribution in [3.05, 3.63) is 35.9 Å². The number of benzene rings is 1. The van der Waals surface area contributed by atoms with Gasteiger partial charge in [-0.25, -0.2) is 12.7 Å². The van der Waals surface area contributed by atoms with Gasteiger partial charge in [-0.05, 0) is 37.4 Å². The van der Waals surface area contributed by atoms with Gasteiger partial charge in [0.1, 0.15) is 0 Å². The molecule has 0 radical (unpaired) electrons. The SMILES string of the molecule is CCNCCCS(=O)(=O)N1CCC(c2ccccc2)C1. The summed E-state index contributed by atoms with van der Waals surface area (Å²) in [6, 6.07) is 10.2. The highest BCUT2D eigenvalue weighted by Gasteiger charge is 2.31. The van der Waals surface area contributed by atoms with Crippen molar-refractivity contribution in [2.45, 2.75) is 25.7 Å². The lowest BCUT2D eigenvalue weighted by molar-refractivity contribution is 0.470. The predicted octanol–water partition coefficient (Wildman–Crippen LogP) is 1.81. The predicted molar refractivity (Wildman–Crippen MR) is 82.3 cm³/mol. The van der Waals surface area contributed by atoms with Crippen LogP contribution in [0.5, 0.6) is 0 Å². The summed E-state index contributed by atoms with van der Waals surface area (Å²) in [5.41, 5.74) is 1.25. The van der Waals surface area contributed by atoms with Crippen molar-refractivity contribution in [3.8, 4) is 0 Å². The molecule has 1 aliphatic rings. The summed E-state index contributed by atoms with van der Waals surface area (Å²) in [5, 5.41) is 3.16. The molecule has 1 heterocycles. The Morgan fingerprint density at radius 2 is 2.05 bits per heavy atom. The zero-order valence-electron chi connectivity index (χ0n) is 12.1. The molecular weight excluding hydrogens is 272 g/mol. The van der Waals surface area contributed by atoms with E-state index in [1.807, 2.05) is 25.1 Å². The van der Waals surface area contributed by atoms with Crippen LogP contribution in [0.25, 0.3) is 0 Å². The van der Waals surface area contributed by atoms with Crippen LogP contribution in [0.4, 0.5) is 0 Å². The largest absolute Gasteiger partial charge is 0.317 e. The Morgan fingerprint density at radius 1 is 1.30 bits per heavy atom. The average molecular weight is 296 g/mol. The summed E-state index contributed by atoms with van der Waals surface area (Å²) in [6.07, 6.45) is 1.61. The fraction of sp³-hybridized carbons (Fsp3) is 0.600. The molecule has 4 nitrogen and oxygen atoms in total. The molecule has 1 unspecified atom stereocenters. The number of rotatable bonds is 7. The van der Waals surface area contributed by atoms with Crippen LogP contribution in [0.15, 0.2) is 30.3 Å². The summed E-state index contributed by atoms with van der Waals surface area (Å²) in [6.45, 7) is 4.97. The van der Waals surface area contributed by atoms with Gasteiger partial charge in [-0.3, -0.25) is 0 Å². The quantitative estimate of drug-likeness (QED) is 0.781. The van der Waals surface area contributed by atoms with Crippen LogP contribution in [0.2, 0.25) is 0 Å². The first kappa shape index (κ1) is 15.5. The molecule has 0 bridgehead atoms. The highest BCUT2D eigenvalue weighted by molar-refractivity contribution is 7.89. The molecule has 20 heavy (non-hydrogen) atoms. The van der Waals surface area contributed by atoms with Gasteiger partial charge in [0.2, 0.25) is 10.0 Å². The van der Waals surface area contributed by atoms with Crippen LogP contribution in [0.3, 0.4) is 0 Å². The molecule has 1 N–H and O–H groups in total. The summed E-state index contributed by atoms with van der Waals surface area (Å²) in [7, 11) is -3.09. The van der Waals surface area contributed by atoms with Crippen molar-refractivity contribution >= 4 is 10.0 Å². The van der Waals surface area contributed by atoms with E-state index in [0.717, 1.165) is 19.5 Å². The van der Waals surface area contributed by atoms with Crippen LogP contribution >= 0.6 is 0 Å². The number of hydrogen-bond acceptors (Lipinski definition) is 3. The van der Waals surface area contributed by atoms with Gasteiger partial charge in [0, 0.05) is 13.1 Å². The van der Waals surface area contributed by atoms with E-state index in [2.05, 4.69) is 17.4 Å². The van der Waals surface area contributed by atoms with Gasteiger partial charge in [0.25, 0.3) is 0 Å². The van der Waals surface area contributed by atoms with E-state index in [4.69, 9.17) is 0 Å². The average Bonchev–Trinajstić information content (AvgIpc) is 2.95. The van der Waals surface area contributed by atoms with Gasteiger partial charge >= 0.3 is 0 Å². The highest BCUT2D eigenvalue weighted by Crippen LogP contribution is 2.28. The van der Waals surface area contributed by atoms with E-state index >= 15 is 0 Å². The Morgan fingerprint density at radius 3 is 2.75 bits per heavy atom. The zero-order valence-corrected chi connectivity index (χ0v) is 12.9. The minimum atomic E-state index is -3.09. The Balaban J connectivity index is 1.88. The molecule has 1 saturated heterocycles. The van der Waals surface area contributed by atoms with Crippen molar-refractivity contribution in [3.63, 3.8) is 0 Å². The molecule has 1 atom stereocenters. The zero-order chi connectivity index (χ0) is 14.4. The fourth-order valence-corrected chi connectivity index (χ4v) is 4.22. The Hall–Kier alpha value is -0.910. The lowest BCUT2D eigenvalue weighted by atomic mass is 9.99. The normalized spacial score (nSPS) is 20.4. The molecule has 0 aliphatic carbocycles. The Labute approximate surface area is 122 Å². The molecule has 0 saturated carbocycles. The Kier molecular flexibility index (Phi) is 5.57. The minimum Gasteiger partial charge on any atom is -0.317 e. The van der Waals surface area contributed by atoms with Crippen LogP contribution in [0, 0.1) is 0 Å². The topological polar surface area (TPSA) is 49.4 Å². The molecule has 1 fully saturated rings. The Bertz CT molecular complexity index is 502. The highest BCUT2D eigenvalue weighted by atomic mass is 32.2. The van der Waals surface area contributed by atoms with Gasteiger partial charge in [0.15, 0.2) is 0 Å². The molecule has 0 amide bonds. The number of nitrogens with one attached hydrogen (secondary N) is 1. The van der Waals surface area contributed by atoms with Gasteiger partial charge in [-0.1, -0.05) is 37.3 Å². The summed E-state index contributed by atoms with van der Waals surface area (Å²) in [5.74, 6) is 0.598. The monoisotopic (exact) mass is 296 g/mol. The number of nitrogens with zero attached hydrogens (tertiary/aromatic N) is 1. The standard InChI is InChI=1S/C15H24N2O2S/c1-2-16-10-6-12-20(18,19)17-11-9-15(13-17)14-7-4-3-5-8-14/h3-5,7-8,15-16H,2,6,9-13H2,1H3. The van der Waals surface area contributed by atoms with Crippen molar-refractivity contribution in [1.82, 2.24) is 9.62 Å². The molecule has 112 valence electrons. The van der Waals surface area contributed by atoms with Gasteiger partial charge in [-0.2, -0.15) is 0 Å². The molecule has 5 heteroatoms. The van der Waals surface area contributed by atoms with E-state index in [1.165, 1.54) is 5.56 Å². The van der Waals surface area contributed by atoms with Crippen LogP contribution in [-0.2, 0) is 10.0 Å². The summed E-state index contributed by atoms with van der Waals surface area (Å²) in [4.78, 5) is 0. The third-order valence-electron chi connectivity index (χ3n) is 3.82. The van der Waals surface area contributed by atoms with Crippen molar-refractivity contribution in [1.29, 1.82) is 0 Å². The number of hydrogen-bond donors (Lipinski definition) is 1. The van der Waals surface area contributed by atoms with Crippen LogP contribution in [-0.4, -0.2) is 44.7 Å². The molecule has 0 spiro atoms. The molecule has 0 aromatic heterocycles. The van der Waals surface area contributed by atoms with E-state index < -0.39 is 10.0 Å². The number of sulfonamides is 1. The van der Waals surface area contributed by atoms with Gasteiger partial charge in [0.05, 0.1) is 5.75 Å². The molecular formula is C15H24N2O2S. The molecule has 1 aromatic carbocycles. The summed E-state index contributed by atoms with van der Waals surface area (Å²) >= 11 is 0. The molecule has 1 aromatic rings. The van der Waals surface area contributed by atoms with E-state index in [-0.39, 0.29) is 5.75 Å². The smallest absolute Gasteiger partial charge is 0.214 e.